The Morgan fingerprint density at radius 2 is 2.10 bits per heavy atom. The van der Waals surface area contributed by atoms with Gasteiger partial charge in [-0.3, -0.25) is 0 Å². The van der Waals surface area contributed by atoms with E-state index in [1.807, 2.05) is 32.9 Å². The van der Waals surface area contributed by atoms with Crippen LogP contribution in [-0.2, 0) is 10.2 Å². The van der Waals surface area contributed by atoms with Gasteiger partial charge in [0.05, 0.1) is 16.1 Å². The molecule has 0 atom stereocenters. The van der Waals surface area contributed by atoms with Gasteiger partial charge in [0.2, 0.25) is 0 Å². The molecule has 0 saturated carbocycles. The van der Waals surface area contributed by atoms with Crippen molar-refractivity contribution in [2.24, 2.45) is 0 Å². The molecule has 2 aliphatic rings. The number of hydrogen-bond donors (Lipinski definition) is 1. The highest BCUT2D eigenvalue weighted by molar-refractivity contribution is 6.33. The van der Waals surface area contributed by atoms with Crippen LogP contribution in [0.5, 0.6) is 0 Å². The molecule has 108 valence electrons. The van der Waals surface area contributed by atoms with Crippen molar-refractivity contribution in [1.82, 2.24) is 4.90 Å². The molecule has 2 heterocycles. The van der Waals surface area contributed by atoms with Crippen molar-refractivity contribution in [2.45, 2.75) is 31.8 Å². The topological polar surface area (TPSA) is 41.6 Å². The largest absolute Gasteiger partial charge is 0.444 e. The van der Waals surface area contributed by atoms with Gasteiger partial charge in [-0.25, -0.2) is 4.79 Å². The van der Waals surface area contributed by atoms with E-state index in [1.165, 1.54) is 5.56 Å². The number of benzene rings is 1. The molecule has 5 heteroatoms. The molecule has 0 unspecified atom stereocenters. The molecule has 1 spiro atoms. The van der Waals surface area contributed by atoms with E-state index in [2.05, 4.69) is 11.4 Å². The Bertz CT molecular complexity index is 559. The Morgan fingerprint density at radius 1 is 1.40 bits per heavy atom. The normalized spacial score (nSPS) is 19.3. The first kappa shape index (κ1) is 13.6. The summed E-state index contributed by atoms with van der Waals surface area (Å²) in [5, 5.41) is 4.10. The molecule has 1 saturated heterocycles. The number of nitrogens with one attached hydrogen (secondary N) is 1. The Hall–Kier alpha value is -1.42. The summed E-state index contributed by atoms with van der Waals surface area (Å²) in [6, 6.07) is 5.94. The highest BCUT2D eigenvalue weighted by Crippen LogP contribution is 2.46. The first-order valence-corrected chi connectivity index (χ1v) is 7.19. The molecule has 0 bridgehead atoms. The van der Waals surface area contributed by atoms with Gasteiger partial charge in [-0.2, -0.15) is 0 Å². The molecule has 1 aromatic carbocycles. The summed E-state index contributed by atoms with van der Waals surface area (Å²) in [5.41, 5.74) is 1.77. The number of amides is 1. The molecule has 0 aromatic heterocycles. The SMILES string of the molecule is CC(C)(C)OC(=O)N1CC2(CNc3c(Cl)cccc32)C1. The fourth-order valence-corrected chi connectivity index (χ4v) is 3.16. The van der Waals surface area contributed by atoms with E-state index in [-0.39, 0.29) is 11.5 Å². The standard InChI is InChI=1S/C15H19ClN2O2/c1-14(2,3)20-13(19)18-8-15(9-18)7-17-12-10(15)5-4-6-11(12)16/h4-6,17H,7-9H2,1-3H3. The van der Waals surface area contributed by atoms with Gasteiger partial charge in [0.1, 0.15) is 5.60 Å². The lowest BCUT2D eigenvalue weighted by Crippen LogP contribution is -2.62. The van der Waals surface area contributed by atoms with Gasteiger partial charge in [0.15, 0.2) is 0 Å². The first-order valence-electron chi connectivity index (χ1n) is 6.82. The summed E-state index contributed by atoms with van der Waals surface area (Å²) in [6.45, 7) is 7.84. The lowest BCUT2D eigenvalue weighted by Gasteiger charge is -2.47. The second-order valence-corrected chi connectivity index (χ2v) is 7.04. The Morgan fingerprint density at radius 3 is 2.75 bits per heavy atom. The maximum absolute atomic E-state index is 12.0. The molecule has 4 nitrogen and oxygen atoms in total. The smallest absolute Gasteiger partial charge is 0.410 e. The van der Waals surface area contributed by atoms with E-state index in [1.54, 1.807) is 4.90 Å². The van der Waals surface area contributed by atoms with Crippen LogP contribution in [0, 0.1) is 0 Å². The molecule has 1 fully saturated rings. The zero-order valence-corrected chi connectivity index (χ0v) is 12.8. The molecule has 0 radical (unpaired) electrons. The fraction of sp³-hybridized carbons (Fsp3) is 0.533. The molecular weight excluding hydrogens is 276 g/mol. The zero-order chi connectivity index (χ0) is 14.5. The number of ether oxygens (including phenoxy) is 1. The van der Waals surface area contributed by atoms with E-state index >= 15 is 0 Å². The van der Waals surface area contributed by atoms with Crippen LogP contribution < -0.4 is 5.32 Å². The minimum absolute atomic E-state index is 0.00284. The maximum atomic E-state index is 12.0. The predicted molar refractivity (Wildman–Crippen MR) is 79.4 cm³/mol. The second kappa shape index (κ2) is 4.29. The number of anilines is 1. The minimum atomic E-state index is -0.449. The number of nitrogens with zero attached hydrogens (tertiary/aromatic N) is 1. The van der Waals surface area contributed by atoms with Crippen LogP contribution in [0.2, 0.25) is 5.02 Å². The number of hydrogen-bond acceptors (Lipinski definition) is 3. The van der Waals surface area contributed by atoms with Crippen molar-refractivity contribution in [2.75, 3.05) is 25.0 Å². The molecule has 2 aliphatic heterocycles. The van der Waals surface area contributed by atoms with Crippen molar-refractivity contribution < 1.29 is 9.53 Å². The number of carbonyl (C=O) groups is 1. The summed E-state index contributed by atoms with van der Waals surface area (Å²) in [7, 11) is 0. The number of carbonyl (C=O) groups excluding carboxylic acids is 1. The van der Waals surface area contributed by atoms with Gasteiger partial charge in [0.25, 0.3) is 0 Å². The summed E-state index contributed by atoms with van der Waals surface area (Å²) < 4.78 is 5.40. The summed E-state index contributed by atoms with van der Waals surface area (Å²) in [6.07, 6.45) is -0.237. The quantitative estimate of drug-likeness (QED) is 0.798. The highest BCUT2D eigenvalue weighted by Gasteiger charge is 2.51. The fourth-order valence-electron chi connectivity index (χ4n) is 2.92. The van der Waals surface area contributed by atoms with E-state index in [0.29, 0.717) is 13.1 Å². The maximum Gasteiger partial charge on any atom is 0.410 e. The van der Waals surface area contributed by atoms with Gasteiger partial charge in [-0.1, -0.05) is 23.7 Å². The molecule has 20 heavy (non-hydrogen) atoms. The third-order valence-corrected chi connectivity index (χ3v) is 4.14. The molecular formula is C15H19ClN2O2. The molecule has 1 N–H and O–H groups in total. The zero-order valence-electron chi connectivity index (χ0n) is 12.0. The van der Waals surface area contributed by atoms with Crippen molar-refractivity contribution in [3.63, 3.8) is 0 Å². The summed E-state index contributed by atoms with van der Waals surface area (Å²) >= 11 is 6.20. The van der Waals surface area contributed by atoms with Crippen LogP contribution in [0.15, 0.2) is 18.2 Å². The van der Waals surface area contributed by atoms with Gasteiger partial charge < -0.3 is 15.0 Å². The number of fused-ring (bicyclic) bond motifs is 2. The van der Waals surface area contributed by atoms with Crippen LogP contribution >= 0.6 is 11.6 Å². The lowest BCUT2D eigenvalue weighted by molar-refractivity contribution is -0.00627. The van der Waals surface area contributed by atoms with Gasteiger partial charge >= 0.3 is 6.09 Å². The number of likely N-dealkylation sites (tertiary alicyclic amines) is 1. The monoisotopic (exact) mass is 294 g/mol. The van der Waals surface area contributed by atoms with Crippen LogP contribution in [-0.4, -0.2) is 36.2 Å². The van der Waals surface area contributed by atoms with Crippen LogP contribution in [0.1, 0.15) is 26.3 Å². The van der Waals surface area contributed by atoms with Crippen molar-refractivity contribution in [3.8, 4) is 0 Å². The van der Waals surface area contributed by atoms with Gasteiger partial charge in [0, 0.05) is 19.6 Å². The van der Waals surface area contributed by atoms with Crippen LogP contribution in [0.3, 0.4) is 0 Å². The average molecular weight is 295 g/mol. The highest BCUT2D eigenvalue weighted by atomic mass is 35.5. The number of rotatable bonds is 0. The molecule has 3 rings (SSSR count). The number of para-hydroxylation sites is 1. The first-order chi connectivity index (χ1) is 9.31. The lowest BCUT2D eigenvalue weighted by atomic mass is 9.75. The van der Waals surface area contributed by atoms with Crippen LogP contribution in [0.25, 0.3) is 0 Å². The van der Waals surface area contributed by atoms with Crippen LogP contribution in [0.4, 0.5) is 10.5 Å². The van der Waals surface area contributed by atoms with Gasteiger partial charge in [-0.15, -0.1) is 0 Å². The number of halogens is 1. The molecule has 0 aliphatic carbocycles. The van der Waals surface area contributed by atoms with E-state index in [0.717, 1.165) is 17.3 Å². The Balaban J connectivity index is 1.73. The third kappa shape index (κ3) is 2.12. The van der Waals surface area contributed by atoms with E-state index in [4.69, 9.17) is 16.3 Å². The second-order valence-electron chi connectivity index (χ2n) is 6.63. The predicted octanol–water partition coefficient (Wildman–Crippen LogP) is 3.25. The van der Waals surface area contributed by atoms with E-state index < -0.39 is 5.60 Å². The molecule has 1 amide bonds. The Kier molecular flexibility index (Phi) is 2.91. The molecule has 1 aromatic rings. The summed E-state index contributed by atoms with van der Waals surface area (Å²) in [5.74, 6) is 0. The van der Waals surface area contributed by atoms with Crippen molar-refractivity contribution in [1.29, 1.82) is 0 Å². The summed E-state index contributed by atoms with van der Waals surface area (Å²) in [4.78, 5) is 13.8. The average Bonchev–Trinajstić information content (AvgIpc) is 2.65. The Labute approximate surface area is 124 Å². The minimum Gasteiger partial charge on any atom is -0.444 e. The van der Waals surface area contributed by atoms with Gasteiger partial charge in [-0.05, 0) is 32.4 Å². The van der Waals surface area contributed by atoms with Crippen molar-refractivity contribution >= 4 is 23.4 Å². The third-order valence-electron chi connectivity index (χ3n) is 3.83. The van der Waals surface area contributed by atoms with Crippen molar-refractivity contribution in [3.05, 3.63) is 28.8 Å². The van der Waals surface area contributed by atoms with E-state index in [9.17, 15) is 4.79 Å².